The molecule has 1 radical (unpaired) electrons. The molecule has 1 aliphatic rings. The summed E-state index contributed by atoms with van der Waals surface area (Å²) in [6, 6.07) is 8.23. The number of rotatable bonds is 1. The molecule has 2 heterocycles. The smallest absolute Gasteiger partial charge is 0.217 e. The summed E-state index contributed by atoms with van der Waals surface area (Å²) in [5, 5.41) is 4.46. The van der Waals surface area contributed by atoms with Crippen molar-refractivity contribution >= 4 is 17.2 Å². The molecule has 2 atom stereocenters. The predicted molar refractivity (Wildman–Crippen MR) is 63.0 cm³/mol. The first-order valence-corrected chi connectivity index (χ1v) is 5.53. The maximum atomic E-state index is 10.8. The normalized spacial score (nSPS) is 24.3. The van der Waals surface area contributed by atoms with E-state index >= 15 is 0 Å². The topological polar surface area (TPSA) is 44.9 Å². The molecule has 1 aromatic heterocycles. The molecule has 0 fully saturated rings. The molecule has 0 saturated heterocycles. The van der Waals surface area contributed by atoms with Gasteiger partial charge in [0.1, 0.15) is 0 Å². The van der Waals surface area contributed by atoms with Crippen LogP contribution < -0.4 is 5.32 Å². The third-order valence-corrected chi connectivity index (χ3v) is 3.28. The number of carbonyl (C=O) groups excluding carboxylic acids is 1. The Morgan fingerprint density at radius 3 is 3.00 bits per heavy atom. The van der Waals surface area contributed by atoms with Crippen molar-refractivity contribution in [3.05, 3.63) is 35.5 Å². The van der Waals surface area contributed by atoms with E-state index < -0.39 is 0 Å². The van der Waals surface area contributed by atoms with Crippen molar-refractivity contribution in [2.45, 2.75) is 25.4 Å². The van der Waals surface area contributed by atoms with Crippen LogP contribution in [0.2, 0.25) is 0 Å². The van der Waals surface area contributed by atoms with Gasteiger partial charge in [-0.15, -0.1) is 0 Å². The molecular formula is C13H13N2O. The number of fused-ring (bicyclic) bond motifs is 3. The summed E-state index contributed by atoms with van der Waals surface area (Å²) in [7, 11) is 0. The average molecular weight is 213 g/mol. The highest BCUT2D eigenvalue weighted by molar-refractivity contribution is 5.85. The predicted octanol–water partition coefficient (Wildman–Crippen LogP) is 1.85. The highest BCUT2D eigenvalue weighted by Gasteiger charge is 2.26. The molecule has 0 bridgehead atoms. The molecule has 1 unspecified atom stereocenters. The number of hydrogen-bond donors (Lipinski definition) is 2. The van der Waals surface area contributed by atoms with Crippen LogP contribution in [-0.2, 0) is 11.2 Å². The summed E-state index contributed by atoms with van der Waals surface area (Å²) in [5.41, 5.74) is 3.61. The Hall–Kier alpha value is -1.61. The van der Waals surface area contributed by atoms with Gasteiger partial charge in [0.05, 0.1) is 6.04 Å². The summed E-state index contributed by atoms with van der Waals surface area (Å²) in [6.45, 7) is 2.07. The zero-order valence-electron chi connectivity index (χ0n) is 9.08. The van der Waals surface area contributed by atoms with Crippen LogP contribution in [0.1, 0.15) is 24.2 Å². The summed E-state index contributed by atoms with van der Waals surface area (Å²) >= 11 is 0. The van der Waals surface area contributed by atoms with E-state index in [1.807, 2.05) is 12.1 Å². The summed E-state index contributed by atoms with van der Waals surface area (Å²) < 4.78 is 0. The molecule has 1 aliphatic heterocycles. The number of hydrogen-bond acceptors (Lipinski definition) is 2. The van der Waals surface area contributed by atoms with Gasteiger partial charge in [-0.1, -0.05) is 18.2 Å². The van der Waals surface area contributed by atoms with Crippen LogP contribution in [0.4, 0.5) is 0 Å². The van der Waals surface area contributed by atoms with E-state index in [0.29, 0.717) is 0 Å². The van der Waals surface area contributed by atoms with E-state index in [9.17, 15) is 4.79 Å². The lowest BCUT2D eigenvalue weighted by atomic mass is 9.95. The van der Waals surface area contributed by atoms with Gasteiger partial charge in [0.15, 0.2) is 0 Å². The fourth-order valence-corrected chi connectivity index (χ4v) is 2.53. The van der Waals surface area contributed by atoms with Crippen molar-refractivity contribution in [2.75, 3.05) is 0 Å². The molecule has 0 aliphatic carbocycles. The molecule has 81 valence electrons. The van der Waals surface area contributed by atoms with Gasteiger partial charge >= 0.3 is 0 Å². The fourth-order valence-electron chi connectivity index (χ4n) is 2.53. The second-order valence-electron chi connectivity index (χ2n) is 4.33. The van der Waals surface area contributed by atoms with Gasteiger partial charge in [0, 0.05) is 22.6 Å². The van der Waals surface area contributed by atoms with Crippen molar-refractivity contribution in [1.82, 2.24) is 10.3 Å². The Morgan fingerprint density at radius 2 is 2.19 bits per heavy atom. The van der Waals surface area contributed by atoms with Crippen molar-refractivity contribution in [2.24, 2.45) is 0 Å². The highest BCUT2D eigenvalue weighted by Crippen LogP contribution is 2.30. The lowest BCUT2D eigenvalue weighted by molar-refractivity contribution is 0.456. The van der Waals surface area contributed by atoms with E-state index in [1.54, 1.807) is 0 Å². The van der Waals surface area contributed by atoms with Crippen LogP contribution in [0.25, 0.3) is 10.9 Å². The number of para-hydroxylation sites is 1. The summed E-state index contributed by atoms with van der Waals surface area (Å²) in [6.07, 6.45) is 2.78. The Kier molecular flexibility index (Phi) is 2.07. The van der Waals surface area contributed by atoms with Crippen LogP contribution in [0, 0.1) is 0 Å². The first kappa shape index (κ1) is 9.60. The van der Waals surface area contributed by atoms with Gasteiger partial charge < -0.3 is 4.98 Å². The van der Waals surface area contributed by atoms with Gasteiger partial charge in [0.2, 0.25) is 6.29 Å². The standard InChI is InChI=1S/C13H13N2O/c1-8-13-11(6-9(7-16)14-8)10-4-2-3-5-12(10)15-13/h2-5,8-9,14-15H,6H2,1H3/t8?,9-/m0/s1. The largest absolute Gasteiger partial charge is 0.357 e. The Bertz CT molecular complexity index is 544. The van der Waals surface area contributed by atoms with Crippen LogP contribution >= 0.6 is 0 Å². The molecule has 3 heteroatoms. The summed E-state index contributed by atoms with van der Waals surface area (Å²) in [5.74, 6) is 0. The first-order valence-electron chi connectivity index (χ1n) is 5.53. The molecule has 2 aromatic rings. The second-order valence-corrected chi connectivity index (χ2v) is 4.33. The van der Waals surface area contributed by atoms with E-state index in [0.717, 1.165) is 11.9 Å². The highest BCUT2D eigenvalue weighted by atomic mass is 16.1. The Balaban J connectivity index is 2.21. The number of H-pyrrole nitrogens is 1. The molecule has 0 amide bonds. The zero-order chi connectivity index (χ0) is 11.1. The van der Waals surface area contributed by atoms with Gasteiger partial charge in [-0.2, -0.15) is 0 Å². The molecule has 1 aromatic carbocycles. The van der Waals surface area contributed by atoms with Crippen LogP contribution in [0.15, 0.2) is 24.3 Å². The van der Waals surface area contributed by atoms with Gasteiger partial charge in [-0.05, 0) is 25.0 Å². The molecule has 3 rings (SSSR count). The maximum absolute atomic E-state index is 10.8. The van der Waals surface area contributed by atoms with E-state index in [4.69, 9.17) is 0 Å². The fraction of sp³-hybridized carbons (Fsp3) is 0.308. The van der Waals surface area contributed by atoms with Crippen LogP contribution in [-0.4, -0.2) is 17.3 Å². The van der Waals surface area contributed by atoms with Crippen LogP contribution in [0.3, 0.4) is 0 Å². The molecule has 0 saturated carbocycles. The van der Waals surface area contributed by atoms with Crippen molar-refractivity contribution in [3.63, 3.8) is 0 Å². The third kappa shape index (κ3) is 1.28. The van der Waals surface area contributed by atoms with Crippen molar-refractivity contribution < 1.29 is 4.79 Å². The van der Waals surface area contributed by atoms with E-state index in [-0.39, 0.29) is 12.1 Å². The second kappa shape index (κ2) is 3.46. The SMILES string of the molecule is CC1N[C@H]([C]=O)Cc2c1[nH]c1ccccc21. The third-order valence-electron chi connectivity index (χ3n) is 3.28. The minimum absolute atomic E-state index is 0.179. The molecule has 0 spiro atoms. The molecule has 2 N–H and O–H groups in total. The Morgan fingerprint density at radius 1 is 1.38 bits per heavy atom. The van der Waals surface area contributed by atoms with Gasteiger partial charge in [-0.25, -0.2) is 0 Å². The maximum Gasteiger partial charge on any atom is 0.217 e. The molecule has 3 nitrogen and oxygen atoms in total. The first-order chi connectivity index (χ1) is 7.79. The minimum atomic E-state index is -0.179. The average Bonchev–Trinajstić information content (AvgIpc) is 2.68. The van der Waals surface area contributed by atoms with E-state index in [2.05, 4.69) is 35.6 Å². The van der Waals surface area contributed by atoms with Crippen molar-refractivity contribution in [3.8, 4) is 0 Å². The number of aromatic amines is 1. The number of benzene rings is 1. The van der Waals surface area contributed by atoms with Crippen molar-refractivity contribution in [1.29, 1.82) is 0 Å². The van der Waals surface area contributed by atoms with Gasteiger partial charge in [0.25, 0.3) is 0 Å². The number of aromatic nitrogens is 1. The monoisotopic (exact) mass is 213 g/mol. The molecule has 16 heavy (non-hydrogen) atoms. The Labute approximate surface area is 93.9 Å². The summed E-state index contributed by atoms with van der Waals surface area (Å²) in [4.78, 5) is 14.2. The quantitative estimate of drug-likeness (QED) is 0.759. The lowest BCUT2D eigenvalue weighted by Gasteiger charge is -2.25. The lowest BCUT2D eigenvalue weighted by Crippen LogP contribution is -2.39. The van der Waals surface area contributed by atoms with Crippen LogP contribution in [0.5, 0.6) is 0 Å². The number of nitrogens with one attached hydrogen (secondary N) is 2. The minimum Gasteiger partial charge on any atom is -0.357 e. The van der Waals surface area contributed by atoms with Gasteiger partial charge in [-0.3, -0.25) is 10.1 Å². The molecular weight excluding hydrogens is 200 g/mol. The zero-order valence-corrected chi connectivity index (χ0v) is 9.08. The van der Waals surface area contributed by atoms with E-state index in [1.165, 1.54) is 16.6 Å².